The number of amides is 1. The summed E-state index contributed by atoms with van der Waals surface area (Å²) in [6.45, 7) is 4.28. The van der Waals surface area contributed by atoms with Crippen molar-refractivity contribution in [1.29, 1.82) is 0 Å². The van der Waals surface area contributed by atoms with E-state index in [0.717, 1.165) is 25.7 Å². The SMILES string of the molecule is CCCCCCCCC/C=C/C(O)C(CO)NC(=O)CCCCCCCCCCCCCCC/C=C\CCCCCCCCCC. The van der Waals surface area contributed by atoms with Crippen LogP contribution >= 0.6 is 0 Å². The van der Waals surface area contributed by atoms with Crippen molar-refractivity contribution < 1.29 is 15.0 Å². The van der Waals surface area contributed by atoms with Gasteiger partial charge in [0.05, 0.1) is 18.8 Å². The van der Waals surface area contributed by atoms with E-state index in [0.29, 0.717) is 6.42 Å². The van der Waals surface area contributed by atoms with Crippen molar-refractivity contribution in [2.75, 3.05) is 6.61 Å². The van der Waals surface area contributed by atoms with Gasteiger partial charge in [-0.15, -0.1) is 0 Å². The van der Waals surface area contributed by atoms with Gasteiger partial charge >= 0.3 is 0 Å². The van der Waals surface area contributed by atoms with E-state index in [2.05, 4.69) is 31.3 Å². The summed E-state index contributed by atoms with van der Waals surface area (Å²) in [5.74, 6) is -0.0656. The van der Waals surface area contributed by atoms with Gasteiger partial charge in [0, 0.05) is 6.42 Å². The second-order valence-corrected chi connectivity index (χ2v) is 14.1. The predicted molar refractivity (Wildman–Crippen MR) is 202 cm³/mol. The molecule has 0 fully saturated rings. The number of aliphatic hydroxyl groups excluding tert-OH is 2. The lowest BCUT2D eigenvalue weighted by atomic mass is 10.0. The average molecular weight is 648 g/mol. The maximum Gasteiger partial charge on any atom is 0.220 e. The van der Waals surface area contributed by atoms with E-state index in [1.165, 1.54) is 173 Å². The zero-order chi connectivity index (χ0) is 33.6. The molecule has 2 unspecified atom stereocenters. The molecule has 0 aromatic heterocycles. The Morgan fingerprint density at radius 2 is 0.826 bits per heavy atom. The van der Waals surface area contributed by atoms with Crippen LogP contribution in [0.15, 0.2) is 24.3 Å². The van der Waals surface area contributed by atoms with Gasteiger partial charge in [-0.1, -0.05) is 192 Å². The average Bonchev–Trinajstić information content (AvgIpc) is 3.06. The Morgan fingerprint density at radius 1 is 0.500 bits per heavy atom. The number of carbonyl (C=O) groups excluding carboxylic acids is 1. The molecule has 0 bridgehead atoms. The predicted octanol–water partition coefficient (Wildman–Crippen LogP) is 12.5. The molecule has 0 saturated heterocycles. The Labute approximate surface area is 288 Å². The highest BCUT2D eigenvalue weighted by atomic mass is 16.3. The summed E-state index contributed by atoms with van der Waals surface area (Å²) in [4.78, 5) is 12.3. The molecule has 0 aliphatic rings. The van der Waals surface area contributed by atoms with Crippen LogP contribution in [-0.2, 0) is 4.79 Å². The Bertz CT molecular complexity index is 661. The molecular formula is C42H81NO3. The molecule has 272 valence electrons. The summed E-state index contributed by atoms with van der Waals surface area (Å²) in [7, 11) is 0. The topological polar surface area (TPSA) is 69.6 Å². The fourth-order valence-electron chi connectivity index (χ4n) is 6.23. The molecular weight excluding hydrogens is 566 g/mol. The number of rotatable bonds is 37. The number of allylic oxidation sites excluding steroid dienone is 3. The molecule has 4 nitrogen and oxygen atoms in total. The summed E-state index contributed by atoms with van der Waals surface area (Å²) in [5.41, 5.74) is 0. The van der Waals surface area contributed by atoms with Crippen LogP contribution in [0, 0.1) is 0 Å². The fraction of sp³-hybridized carbons (Fsp3) is 0.881. The summed E-state index contributed by atoms with van der Waals surface area (Å²) < 4.78 is 0. The van der Waals surface area contributed by atoms with Gasteiger partial charge in [0.1, 0.15) is 0 Å². The van der Waals surface area contributed by atoms with E-state index < -0.39 is 12.1 Å². The van der Waals surface area contributed by atoms with E-state index in [9.17, 15) is 15.0 Å². The van der Waals surface area contributed by atoms with E-state index in [1.54, 1.807) is 6.08 Å². The molecule has 4 heteroatoms. The minimum Gasteiger partial charge on any atom is -0.394 e. The van der Waals surface area contributed by atoms with Crippen LogP contribution in [0.3, 0.4) is 0 Å². The first-order chi connectivity index (χ1) is 22.7. The Morgan fingerprint density at radius 3 is 1.20 bits per heavy atom. The highest BCUT2D eigenvalue weighted by Crippen LogP contribution is 2.15. The molecule has 0 aliphatic heterocycles. The first-order valence-electron chi connectivity index (χ1n) is 20.6. The number of carbonyl (C=O) groups is 1. The van der Waals surface area contributed by atoms with Crippen LogP contribution in [0.1, 0.15) is 219 Å². The zero-order valence-corrected chi connectivity index (χ0v) is 31.1. The second kappa shape index (κ2) is 38.3. The standard InChI is InChI=1S/C42H81NO3/c1-3-5-7-9-11-13-14-15-16-17-18-19-20-21-22-23-24-25-26-27-28-30-32-34-36-38-42(46)43-40(39-44)41(45)37-35-33-31-29-12-10-8-6-4-2/h17-18,35,37,40-41,44-45H,3-16,19-34,36,38-39H2,1-2H3,(H,43,46)/b18-17-,37-35+. The molecule has 1 amide bonds. The van der Waals surface area contributed by atoms with E-state index in [1.807, 2.05) is 6.08 Å². The Hall–Kier alpha value is -1.13. The van der Waals surface area contributed by atoms with Crippen molar-refractivity contribution in [3.63, 3.8) is 0 Å². The Kier molecular flexibility index (Phi) is 37.4. The highest BCUT2D eigenvalue weighted by Gasteiger charge is 2.17. The van der Waals surface area contributed by atoms with Crippen LogP contribution in [-0.4, -0.2) is 34.9 Å². The molecule has 0 aliphatic carbocycles. The number of unbranched alkanes of at least 4 members (excludes halogenated alkanes) is 28. The smallest absolute Gasteiger partial charge is 0.220 e. The molecule has 0 aromatic carbocycles. The fourth-order valence-corrected chi connectivity index (χ4v) is 6.23. The van der Waals surface area contributed by atoms with Crippen LogP contribution in [0.25, 0.3) is 0 Å². The van der Waals surface area contributed by atoms with Gasteiger partial charge in [0.15, 0.2) is 0 Å². The molecule has 2 atom stereocenters. The van der Waals surface area contributed by atoms with Gasteiger partial charge in [-0.25, -0.2) is 0 Å². The van der Waals surface area contributed by atoms with Gasteiger partial charge < -0.3 is 15.5 Å². The van der Waals surface area contributed by atoms with E-state index >= 15 is 0 Å². The summed E-state index contributed by atoms with van der Waals surface area (Å²) in [6, 6.07) is -0.617. The zero-order valence-electron chi connectivity index (χ0n) is 31.1. The molecule has 3 N–H and O–H groups in total. The van der Waals surface area contributed by atoms with Crippen LogP contribution in [0.5, 0.6) is 0 Å². The Balaban J connectivity index is 3.47. The molecule has 46 heavy (non-hydrogen) atoms. The second-order valence-electron chi connectivity index (χ2n) is 14.1. The lowest BCUT2D eigenvalue weighted by Gasteiger charge is -2.20. The minimum absolute atomic E-state index is 0.0656. The summed E-state index contributed by atoms with van der Waals surface area (Å²) >= 11 is 0. The normalized spacial score (nSPS) is 13.2. The van der Waals surface area contributed by atoms with Gasteiger partial charge in [-0.05, 0) is 44.9 Å². The van der Waals surface area contributed by atoms with Crippen molar-refractivity contribution in [1.82, 2.24) is 5.32 Å². The number of hydrogen-bond donors (Lipinski definition) is 3. The van der Waals surface area contributed by atoms with Crippen LogP contribution < -0.4 is 5.32 Å². The monoisotopic (exact) mass is 648 g/mol. The number of aliphatic hydroxyl groups is 2. The van der Waals surface area contributed by atoms with Crippen molar-refractivity contribution >= 4 is 5.91 Å². The number of nitrogens with one attached hydrogen (secondary N) is 1. The van der Waals surface area contributed by atoms with E-state index in [-0.39, 0.29) is 12.5 Å². The molecule has 0 aromatic rings. The minimum atomic E-state index is -0.833. The third-order valence-corrected chi connectivity index (χ3v) is 9.43. The summed E-state index contributed by atoms with van der Waals surface area (Å²) in [6.07, 6.45) is 48.6. The lowest BCUT2D eigenvalue weighted by Crippen LogP contribution is -2.45. The molecule has 0 saturated carbocycles. The van der Waals surface area contributed by atoms with Gasteiger partial charge in [0.2, 0.25) is 5.91 Å². The number of hydrogen-bond acceptors (Lipinski definition) is 3. The van der Waals surface area contributed by atoms with Gasteiger partial charge in [-0.3, -0.25) is 4.79 Å². The largest absolute Gasteiger partial charge is 0.394 e. The quantitative estimate of drug-likeness (QED) is 0.0464. The molecule has 0 spiro atoms. The molecule has 0 heterocycles. The third kappa shape index (κ3) is 34.2. The third-order valence-electron chi connectivity index (χ3n) is 9.43. The van der Waals surface area contributed by atoms with E-state index in [4.69, 9.17) is 0 Å². The molecule has 0 radical (unpaired) electrons. The van der Waals surface area contributed by atoms with Crippen molar-refractivity contribution in [2.24, 2.45) is 0 Å². The highest BCUT2D eigenvalue weighted by molar-refractivity contribution is 5.76. The first kappa shape index (κ1) is 44.9. The first-order valence-corrected chi connectivity index (χ1v) is 20.6. The maximum absolute atomic E-state index is 12.3. The van der Waals surface area contributed by atoms with Crippen LogP contribution in [0.4, 0.5) is 0 Å². The van der Waals surface area contributed by atoms with Crippen molar-refractivity contribution in [3.05, 3.63) is 24.3 Å². The summed E-state index contributed by atoms with van der Waals surface area (Å²) in [5, 5.41) is 22.8. The van der Waals surface area contributed by atoms with Crippen LogP contribution in [0.2, 0.25) is 0 Å². The van der Waals surface area contributed by atoms with Crippen molar-refractivity contribution in [2.45, 2.75) is 231 Å². The maximum atomic E-state index is 12.3. The lowest BCUT2D eigenvalue weighted by molar-refractivity contribution is -0.123. The van der Waals surface area contributed by atoms with Gasteiger partial charge in [-0.2, -0.15) is 0 Å². The van der Waals surface area contributed by atoms with Crippen molar-refractivity contribution in [3.8, 4) is 0 Å². The van der Waals surface area contributed by atoms with Gasteiger partial charge in [0.25, 0.3) is 0 Å². The molecule has 0 rings (SSSR count).